The second-order valence-corrected chi connectivity index (χ2v) is 4.84. The molecule has 21 heavy (non-hydrogen) atoms. The third kappa shape index (κ3) is 5.36. The monoisotopic (exact) mass is 294 g/mol. The number of rotatable bonds is 9. The molecule has 0 fully saturated rings. The lowest BCUT2D eigenvalue weighted by atomic mass is 10.1. The first kappa shape index (κ1) is 17.5. The number of hydrogen-bond donors (Lipinski definition) is 0. The van der Waals surface area contributed by atoms with Crippen molar-refractivity contribution in [1.82, 2.24) is 4.90 Å². The van der Waals surface area contributed by atoms with Crippen LogP contribution in [0, 0.1) is 0 Å². The third-order valence-corrected chi connectivity index (χ3v) is 3.45. The molecule has 0 N–H and O–H groups in total. The molecule has 1 aromatic carbocycles. The van der Waals surface area contributed by atoms with E-state index in [2.05, 4.69) is 11.8 Å². The molecule has 0 aliphatic carbocycles. The van der Waals surface area contributed by atoms with Crippen molar-refractivity contribution < 1.29 is 14.3 Å². The largest absolute Gasteiger partial charge is 0.383 e. The maximum absolute atomic E-state index is 12.5. The lowest BCUT2D eigenvalue weighted by Gasteiger charge is -2.23. The topological polar surface area (TPSA) is 42.0 Å². The number of carbonyl (C=O) groups is 1. The SMILES string of the molecule is CCN(C)c1ccc(C(=O)N(CCOC)CCOC)cc1. The van der Waals surface area contributed by atoms with Crippen molar-refractivity contribution in [1.29, 1.82) is 0 Å². The van der Waals surface area contributed by atoms with Crippen LogP contribution in [0.5, 0.6) is 0 Å². The van der Waals surface area contributed by atoms with Crippen molar-refractivity contribution in [3.8, 4) is 0 Å². The molecular formula is C16H26N2O3. The zero-order valence-corrected chi connectivity index (χ0v) is 13.5. The summed E-state index contributed by atoms with van der Waals surface area (Å²) in [6.45, 7) is 5.19. The van der Waals surface area contributed by atoms with Gasteiger partial charge in [-0.3, -0.25) is 4.79 Å². The number of ether oxygens (including phenoxy) is 2. The van der Waals surface area contributed by atoms with Gasteiger partial charge in [-0.1, -0.05) is 0 Å². The van der Waals surface area contributed by atoms with Crippen molar-refractivity contribution in [2.45, 2.75) is 6.92 Å². The van der Waals surface area contributed by atoms with Gasteiger partial charge >= 0.3 is 0 Å². The van der Waals surface area contributed by atoms with E-state index in [0.29, 0.717) is 31.9 Å². The predicted molar refractivity (Wildman–Crippen MR) is 85.0 cm³/mol. The Morgan fingerprint density at radius 2 is 1.57 bits per heavy atom. The van der Waals surface area contributed by atoms with Crippen molar-refractivity contribution in [3.63, 3.8) is 0 Å². The molecule has 0 aliphatic rings. The van der Waals surface area contributed by atoms with Crippen molar-refractivity contribution in [3.05, 3.63) is 29.8 Å². The van der Waals surface area contributed by atoms with Gasteiger partial charge in [-0.2, -0.15) is 0 Å². The van der Waals surface area contributed by atoms with Gasteiger partial charge < -0.3 is 19.3 Å². The first-order valence-corrected chi connectivity index (χ1v) is 7.22. The van der Waals surface area contributed by atoms with Crippen molar-refractivity contribution in [2.24, 2.45) is 0 Å². The molecule has 0 unspecified atom stereocenters. The van der Waals surface area contributed by atoms with Gasteiger partial charge in [0.2, 0.25) is 0 Å². The Morgan fingerprint density at radius 3 is 2.00 bits per heavy atom. The highest BCUT2D eigenvalue weighted by Gasteiger charge is 2.15. The Labute approximate surface area is 127 Å². The first-order valence-electron chi connectivity index (χ1n) is 7.22. The molecule has 1 rings (SSSR count). The molecule has 5 nitrogen and oxygen atoms in total. The fourth-order valence-corrected chi connectivity index (χ4v) is 1.94. The summed E-state index contributed by atoms with van der Waals surface area (Å²) in [5, 5.41) is 0. The van der Waals surface area contributed by atoms with Crippen molar-refractivity contribution >= 4 is 11.6 Å². The molecule has 0 aromatic heterocycles. The number of methoxy groups -OCH3 is 2. The highest BCUT2D eigenvalue weighted by molar-refractivity contribution is 5.94. The average molecular weight is 294 g/mol. The molecule has 0 bridgehead atoms. The number of carbonyl (C=O) groups excluding carboxylic acids is 1. The summed E-state index contributed by atoms with van der Waals surface area (Å²) in [4.78, 5) is 16.4. The Morgan fingerprint density at radius 1 is 1.05 bits per heavy atom. The summed E-state index contributed by atoms with van der Waals surface area (Å²) in [6.07, 6.45) is 0. The molecule has 0 spiro atoms. The van der Waals surface area contributed by atoms with Gasteiger partial charge in [0.1, 0.15) is 0 Å². The lowest BCUT2D eigenvalue weighted by molar-refractivity contribution is 0.0627. The Kier molecular flexibility index (Phi) is 7.79. The van der Waals surface area contributed by atoms with E-state index in [9.17, 15) is 4.79 Å². The average Bonchev–Trinajstić information content (AvgIpc) is 2.54. The Hall–Kier alpha value is -1.59. The van der Waals surface area contributed by atoms with E-state index in [1.165, 1.54) is 0 Å². The van der Waals surface area contributed by atoms with Gasteiger partial charge in [-0.15, -0.1) is 0 Å². The van der Waals surface area contributed by atoms with Crippen LogP contribution in [0.3, 0.4) is 0 Å². The molecular weight excluding hydrogens is 268 g/mol. The van der Waals surface area contributed by atoms with Crippen LogP contribution in [-0.4, -0.2) is 64.9 Å². The summed E-state index contributed by atoms with van der Waals surface area (Å²) in [7, 11) is 5.29. The smallest absolute Gasteiger partial charge is 0.254 e. The van der Waals surface area contributed by atoms with Crippen LogP contribution >= 0.6 is 0 Å². The molecule has 0 atom stereocenters. The molecule has 1 amide bonds. The van der Waals surface area contributed by atoms with Crippen LogP contribution in [0.4, 0.5) is 5.69 Å². The highest BCUT2D eigenvalue weighted by Crippen LogP contribution is 2.14. The van der Waals surface area contributed by atoms with Crippen LogP contribution in [0.1, 0.15) is 17.3 Å². The van der Waals surface area contributed by atoms with E-state index in [4.69, 9.17) is 9.47 Å². The molecule has 0 heterocycles. The van der Waals surface area contributed by atoms with Crippen LogP contribution in [0.25, 0.3) is 0 Å². The number of nitrogens with zero attached hydrogens (tertiary/aromatic N) is 2. The van der Waals surface area contributed by atoms with Crippen molar-refractivity contribution in [2.75, 3.05) is 59.0 Å². The molecule has 1 aromatic rings. The zero-order chi connectivity index (χ0) is 15.7. The number of anilines is 1. The maximum atomic E-state index is 12.5. The second-order valence-electron chi connectivity index (χ2n) is 4.84. The Balaban J connectivity index is 2.77. The molecule has 0 saturated heterocycles. The summed E-state index contributed by atoms with van der Waals surface area (Å²) in [5.74, 6) is 0.00908. The number of benzene rings is 1. The highest BCUT2D eigenvalue weighted by atomic mass is 16.5. The first-order chi connectivity index (χ1) is 10.1. The summed E-state index contributed by atoms with van der Waals surface area (Å²) >= 11 is 0. The number of amides is 1. The van der Waals surface area contributed by atoms with E-state index in [1.807, 2.05) is 31.3 Å². The molecule has 5 heteroatoms. The minimum atomic E-state index is 0.00908. The standard InChI is InChI=1S/C16H26N2O3/c1-5-17(2)15-8-6-14(7-9-15)16(19)18(10-12-20-3)11-13-21-4/h6-9H,5,10-13H2,1-4H3. The van der Waals surface area contributed by atoms with Gasteiger partial charge in [0.05, 0.1) is 13.2 Å². The Bertz CT molecular complexity index is 412. The van der Waals surface area contributed by atoms with Gasteiger partial charge in [-0.25, -0.2) is 0 Å². The molecule has 118 valence electrons. The fourth-order valence-electron chi connectivity index (χ4n) is 1.94. The minimum absolute atomic E-state index is 0.00908. The zero-order valence-electron chi connectivity index (χ0n) is 13.5. The van der Waals surface area contributed by atoms with Gasteiger partial charge in [0, 0.05) is 52.2 Å². The molecule has 0 radical (unpaired) electrons. The van der Waals surface area contributed by atoms with Crippen LogP contribution < -0.4 is 4.90 Å². The molecule has 0 aliphatic heterocycles. The predicted octanol–water partition coefficient (Wildman–Crippen LogP) is 1.88. The quantitative estimate of drug-likeness (QED) is 0.697. The van der Waals surface area contributed by atoms with E-state index in [1.54, 1.807) is 19.1 Å². The second kappa shape index (κ2) is 9.37. The lowest BCUT2D eigenvalue weighted by Crippen LogP contribution is -2.36. The van der Waals surface area contributed by atoms with Gasteiger partial charge in [-0.05, 0) is 31.2 Å². The minimum Gasteiger partial charge on any atom is -0.383 e. The third-order valence-electron chi connectivity index (χ3n) is 3.45. The summed E-state index contributed by atoms with van der Waals surface area (Å²) < 4.78 is 10.1. The van der Waals surface area contributed by atoms with E-state index in [-0.39, 0.29) is 5.91 Å². The number of hydrogen-bond acceptors (Lipinski definition) is 4. The fraction of sp³-hybridized carbons (Fsp3) is 0.562. The van der Waals surface area contributed by atoms with Gasteiger partial charge in [0.25, 0.3) is 5.91 Å². The summed E-state index contributed by atoms with van der Waals surface area (Å²) in [5.41, 5.74) is 1.80. The molecule has 0 saturated carbocycles. The van der Waals surface area contributed by atoms with Crippen LogP contribution in [0.15, 0.2) is 24.3 Å². The maximum Gasteiger partial charge on any atom is 0.254 e. The van der Waals surface area contributed by atoms with E-state index < -0.39 is 0 Å². The normalized spacial score (nSPS) is 10.5. The van der Waals surface area contributed by atoms with Crippen LogP contribution in [-0.2, 0) is 9.47 Å². The van der Waals surface area contributed by atoms with E-state index >= 15 is 0 Å². The van der Waals surface area contributed by atoms with Crippen LogP contribution in [0.2, 0.25) is 0 Å². The van der Waals surface area contributed by atoms with Gasteiger partial charge in [0.15, 0.2) is 0 Å². The summed E-state index contributed by atoms with van der Waals surface area (Å²) in [6, 6.07) is 7.69. The van der Waals surface area contributed by atoms with E-state index in [0.717, 1.165) is 12.2 Å².